The molecule has 0 amide bonds. The van der Waals surface area contributed by atoms with Crippen molar-refractivity contribution in [3.8, 4) is 0 Å². The van der Waals surface area contributed by atoms with Crippen LogP contribution in [0.5, 0.6) is 0 Å². The van der Waals surface area contributed by atoms with E-state index >= 15 is 0 Å². The van der Waals surface area contributed by atoms with Gasteiger partial charge in [-0.2, -0.15) is 0 Å². The van der Waals surface area contributed by atoms with Crippen LogP contribution in [0.15, 0.2) is 35.7 Å². The largest absolute Gasteiger partial charge is 0.326 e. The second-order valence-electron chi connectivity index (χ2n) is 5.86. The molecule has 2 nitrogen and oxygen atoms in total. The third kappa shape index (κ3) is 3.94. The molecule has 0 saturated carbocycles. The van der Waals surface area contributed by atoms with Gasteiger partial charge in [0.1, 0.15) is 0 Å². The number of aryl methyl sites for hydroxylation is 2. The maximum atomic E-state index is 6.26. The highest BCUT2D eigenvalue weighted by Crippen LogP contribution is 2.30. The third-order valence-corrected chi connectivity index (χ3v) is 5.10. The summed E-state index contributed by atoms with van der Waals surface area (Å²) in [6.07, 6.45) is 1.09. The van der Waals surface area contributed by atoms with Gasteiger partial charge < -0.3 is 5.73 Å². The zero-order valence-corrected chi connectivity index (χ0v) is 14.3. The van der Waals surface area contributed by atoms with Crippen molar-refractivity contribution in [2.45, 2.75) is 45.8 Å². The lowest BCUT2D eigenvalue weighted by Gasteiger charge is -2.31. The first kappa shape index (κ1) is 16.2. The van der Waals surface area contributed by atoms with Crippen LogP contribution in [-0.4, -0.2) is 18.0 Å². The van der Waals surface area contributed by atoms with E-state index in [4.69, 9.17) is 5.73 Å². The Labute approximate surface area is 132 Å². The Bertz CT molecular complexity index is 557. The topological polar surface area (TPSA) is 29.3 Å². The Balaban J connectivity index is 2.15. The smallest absolute Gasteiger partial charge is 0.0593 e. The molecule has 21 heavy (non-hydrogen) atoms. The Morgan fingerprint density at radius 3 is 2.24 bits per heavy atom. The molecule has 0 spiro atoms. The zero-order chi connectivity index (χ0) is 15.4. The summed E-state index contributed by atoms with van der Waals surface area (Å²) in [5.41, 5.74) is 10.3. The molecule has 114 valence electrons. The molecule has 1 aromatic carbocycles. The number of nitrogens with zero attached hydrogens (tertiary/aromatic N) is 1. The highest BCUT2D eigenvalue weighted by atomic mass is 32.1. The minimum atomic E-state index is 0.113. The summed E-state index contributed by atoms with van der Waals surface area (Å²) >= 11 is 1.81. The number of hydrogen-bond acceptors (Lipinski definition) is 3. The van der Waals surface area contributed by atoms with E-state index in [1.54, 1.807) is 0 Å². The first-order valence-electron chi connectivity index (χ1n) is 7.60. The summed E-state index contributed by atoms with van der Waals surface area (Å²) in [6.45, 7) is 7.38. The number of likely N-dealkylation sites (N-methyl/N-ethyl adjacent to an activating group) is 1. The van der Waals surface area contributed by atoms with E-state index < -0.39 is 0 Å². The van der Waals surface area contributed by atoms with Gasteiger partial charge in [-0.05, 0) is 55.5 Å². The second-order valence-corrected chi connectivity index (χ2v) is 6.80. The van der Waals surface area contributed by atoms with Gasteiger partial charge in [0.25, 0.3) is 0 Å². The van der Waals surface area contributed by atoms with Crippen molar-refractivity contribution in [1.82, 2.24) is 4.90 Å². The Kier molecular flexibility index (Phi) is 5.57. The maximum Gasteiger partial charge on any atom is 0.0593 e. The summed E-state index contributed by atoms with van der Waals surface area (Å²) in [7, 11) is 2.17. The monoisotopic (exact) mass is 302 g/mol. The molecule has 1 heterocycles. The van der Waals surface area contributed by atoms with Crippen molar-refractivity contribution in [3.05, 3.63) is 57.3 Å². The number of benzene rings is 1. The lowest BCUT2D eigenvalue weighted by atomic mass is 10.0. The van der Waals surface area contributed by atoms with Crippen LogP contribution >= 0.6 is 11.3 Å². The molecule has 2 unspecified atom stereocenters. The van der Waals surface area contributed by atoms with E-state index in [1.165, 1.54) is 21.6 Å². The molecule has 0 saturated heterocycles. The molecule has 1 aromatic heterocycles. The summed E-state index contributed by atoms with van der Waals surface area (Å²) in [4.78, 5) is 3.75. The zero-order valence-electron chi connectivity index (χ0n) is 13.5. The van der Waals surface area contributed by atoms with Crippen LogP contribution in [0.25, 0.3) is 0 Å². The molecule has 2 aromatic rings. The van der Waals surface area contributed by atoms with Crippen molar-refractivity contribution < 1.29 is 0 Å². The fourth-order valence-electron chi connectivity index (χ4n) is 2.79. The summed E-state index contributed by atoms with van der Waals surface area (Å²) in [5, 5.41) is 2.16. The van der Waals surface area contributed by atoms with Gasteiger partial charge >= 0.3 is 0 Å². The molecule has 2 rings (SSSR count). The summed E-state index contributed by atoms with van der Waals surface area (Å²) in [6, 6.07) is 11.5. The Hall–Kier alpha value is -1.16. The highest BCUT2D eigenvalue weighted by Gasteiger charge is 2.23. The van der Waals surface area contributed by atoms with E-state index in [-0.39, 0.29) is 12.1 Å². The molecule has 0 aliphatic rings. The van der Waals surface area contributed by atoms with Gasteiger partial charge in [-0.15, -0.1) is 11.3 Å². The highest BCUT2D eigenvalue weighted by molar-refractivity contribution is 7.10. The average molecular weight is 302 g/mol. The lowest BCUT2D eigenvalue weighted by molar-refractivity contribution is 0.213. The first-order valence-corrected chi connectivity index (χ1v) is 8.48. The molecule has 0 aliphatic heterocycles. The second kappa shape index (κ2) is 7.21. The fourth-order valence-corrected chi connectivity index (χ4v) is 4.00. The van der Waals surface area contributed by atoms with Crippen LogP contribution in [0.4, 0.5) is 0 Å². The third-order valence-electron chi connectivity index (χ3n) is 4.01. The maximum absolute atomic E-state index is 6.26. The molecular formula is C18H26N2S. The van der Waals surface area contributed by atoms with Crippen molar-refractivity contribution in [1.29, 1.82) is 0 Å². The first-order chi connectivity index (χ1) is 10.0. The van der Waals surface area contributed by atoms with Crippen LogP contribution in [0.1, 0.15) is 41.5 Å². The minimum absolute atomic E-state index is 0.113. The van der Waals surface area contributed by atoms with E-state index in [0.29, 0.717) is 0 Å². The van der Waals surface area contributed by atoms with E-state index in [9.17, 15) is 0 Å². The van der Waals surface area contributed by atoms with Gasteiger partial charge in [-0.1, -0.05) is 31.2 Å². The van der Waals surface area contributed by atoms with Crippen LogP contribution < -0.4 is 5.73 Å². The number of thiophene rings is 1. The molecule has 2 N–H and O–H groups in total. The van der Waals surface area contributed by atoms with E-state index in [2.05, 4.69) is 68.4 Å². The average Bonchev–Trinajstić information content (AvgIpc) is 2.85. The summed E-state index contributed by atoms with van der Waals surface area (Å²) < 4.78 is 0. The van der Waals surface area contributed by atoms with Crippen molar-refractivity contribution in [3.63, 3.8) is 0 Å². The van der Waals surface area contributed by atoms with E-state index in [0.717, 1.165) is 13.0 Å². The van der Waals surface area contributed by atoms with E-state index in [1.807, 2.05) is 11.3 Å². The molecule has 0 bridgehead atoms. The van der Waals surface area contributed by atoms with Crippen molar-refractivity contribution in [2.24, 2.45) is 5.73 Å². The van der Waals surface area contributed by atoms with Crippen LogP contribution in [0, 0.1) is 6.92 Å². The van der Waals surface area contributed by atoms with Gasteiger partial charge in [0.15, 0.2) is 0 Å². The molecule has 3 heteroatoms. The lowest BCUT2D eigenvalue weighted by Crippen LogP contribution is -2.36. The fraction of sp³-hybridized carbons (Fsp3) is 0.444. The Morgan fingerprint density at radius 1 is 1.14 bits per heavy atom. The standard InChI is InChI=1S/C18H26N2S/c1-5-15-6-8-16(9-7-15)12-20(4)17(14(3)19)18-13(2)10-11-21-18/h6-11,14,17H,5,12,19H2,1-4H3. The minimum Gasteiger partial charge on any atom is -0.326 e. The molecule has 2 atom stereocenters. The van der Waals surface area contributed by atoms with Crippen molar-refractivity contribution in [2.75, 3.05) is 7.05 Å². The Morgan fingerprint density at radius 2 is 1.76 bits per heavy atom. The van der Waals surface area contributed by atoms with Crippen LogP contribution in [0.3, 0.4) is 0 Å². The number of hydrogen-bond donors (Lipinski definition) is 1. The molecule has 0 radical (unpaired) electrons. The van der Waals surface area contributed by atoms with Crippen LogP contribution in [-0.2, 0) is 13.0 Å². The van der Waals surface area contributed by atoms with Gasteiger partial charge in [0.2, 0.25) is 0 Å². The predicted molar refractivity (Wildman–Crippen MR) is 92.7 cm³/mol. The molecule has 0 fully saturated rings. The normalized spacial score (nSPS) is 14.4. The molecule has 0 aliphatic carbocycles. The summed E-state index contributed by atoms with van der Waals surface area (Å²) in [5.74, 6) is 0. The number of rotatable bonds is 6. The number of nitrogens with two attached hydrogens (primary N) is 1. The quantitative estimate of drug-likeness (QED) is 0.869. The SMILES string of the molecule is CCc1ccc(CN(C)C(c2sccc2C)C(C)N)cc1. The van der Waals surface area contributed by atoms with Gasteiger partial charge in [0, 0.05) is 17.5 Å². The predicted octanol–water partition coefficient (Wildman–Crippen LogP) is 4.14. The van der Waals surface area contributed by atoms with Gasteiger partial charge in [0.05, 0.1) is 6.04 Å². The van der Waals surface area contributed by atoms with Gasteiger partial charge in [-0.25, -0.2) is 0 Å². The molecular weight excluding hydrogens is 276 g/mol. The van der Waals surface area contributed by atoms with Crippen molar-refractivity contribution >= 4 is 11.3 Å². The van der Waals surface area contributed by atoms with Crippen LogP contribution in [0.2, 0.25) is 0 Å². The van der Waals surface area contributed by atoms with Gasteiger partial charge in [-0.3, -0.25) is 4.90 Å².